The Bertz CT molecular complexity index is 638. The molecule has 0 aliphatic carbocycles. The molecular formula is C13H17Cl2NO4S. The zero-order valence-corrected chi connectivity index (χ0v) is 14.4. The van der Waals surface area contributed by atoms with Crippen LogP contribution in [0, 0.1) is 0 Å². The zero-order valence-electron chi connectivity index (χ0n) is 12.1. The van der Waals surface area contributed by atoms with Gasteiger partial charge in [-0.15, -0.1) is 0 Å². The lowest BCUT2D eigenvalue weighted by Crippen LogP contribution is -2.42. The Morgan fingerprint density at radius 3 is 2.29 bits per heavy atom. The van der Waals surface area contributed by atoms with Crippen molar-refractivity contribution >= 4 is 39.2 Å². The van der Waals surface area contributed by atoms with Crippen LogP contribution in [0.3, 0.4) is 0 Å². The first kappa shape index (κ1) is 18.2. The maximum Gasteiger partial charge on any atom is 0.324 e. The van der Waals surface area contributed by atoms with Gasteiger partial charge in [0.15, 0.2) is 0 Å². The Morgan fingerprint density at radius 1 is 1.24 bits per heavy atom. The van der Waals surface area contributed by atoms with Gasteiger partial charge < -0.3 is 4.74 Å². The second kappa shape index (κ2) is 6.52. The van der Waals surface area contributed by atoms with Crippen molar-refractivity contribution in [2.24, 2.45) is 0 Å². The molecular weight excluding hydrogens is 337 g/mol. The number of sulfonamides is 1. The van der Waals surface area contributed by atoms with E-state index in [0.717, 1.165) is 0 Å². The lowest BCUT2D eigenvalue weighted by molar-refractivity contribution is -0.156. The Balaban J connectivity index is 2.89. The van der Waals surface area contributed by atoms with Gasteiger partial charge in [0.05, 0.1) is 14.9 Å². The van der Waals surface area contributed by atoms with Gasteiger partial charge in [0, 0.05) is 0 Å². The van der Waals surface area contributed by atoms with E-state index >= 15 is 0 Å². The van der Waals surface area contributed by atoms with Crippen molar-refractivity contribution in [2.75, 3.05) is 0 Å². The van der Waals surface area contributed by atoms with E-state index in [1.54, 1.807) is 20.8 Å². The summed E-state index contributed by atoms with van der Waals surface area (Å²) in [5.74, 6) is -0.661. The molecule has 1 atom stereocenters. The van der Waals surface area contributed by atoms with Gasteiger partial charge in [-0.2, -0.15) is 4.72 Å². The summed E-state index contributed by atoms with van der Waals surface area (Å²) in [5.41, 5.74) is -0.694. The van der Waals surface area contributed by atoms with Crippen molar-refractivity contribution in [1.82, 2.24) is 4.72 Å². The molecule has 0 aromatic heterocycles. The highest BCUT2D eigenvalue weighted by molar-refractivity contribution is 7.89. The lowest BCUT2D eigenvalue weighted by atomic mass is 10.2. The largest absolute Gasteiger partial charge is 0.459 e. The van der Waals surface area contributed by atoms with Gasteiger partial charge >= 0.3 is 5.97 Å². The van der Waals surface area contributed by atoms with Gasteiger partial charge in [0.2, 0.25) is 10.0 Å². The van der Waals surface area contributed by atoms with Gasteiger partial charge in [0.1, 0.15) is 11.6 Å². The number of carbonyl (C=O) groups is 1. The standard InChI is InChI=1S/C13H17Cl2NO4S/c1-8(12(17)20-13(2,3)4)16-21(18,19)9-5-6-10(14)11(15)7-9/h5-8,16H,1-4H3/t8-/m0/s1. The SMILES string of the molecule is C[C@H](NS(=O)(=O)c1ccc(Cl)c(Cl)c1)C(=O)OC(C)(C)C. The molecule has 0 aliphatic rings. The fourth-order valence-electron chi connectivity index (χ4n) is 1.38. The van der Waals surface area contributed by atoms with Crippen LogP contribution in [0.2, 0.25) is 10.0 Å². The Hall–Kier alpha value is -0.820. The summed E-state index contributed by atoms with van der Waals surface area (Å²) in [4.78, 5) is 11.7. The predicted octanol–water partition coefficient (Wildman–Crippen LogP) is 3.00. The third-order valence-corrected chi connectivity index (χ3v) is 4.57. The van der Waals surface area contributed by atoms with Crippen LogP contribution in [-0.4, -0.2) is 26.0 Å². The van der Waals surface area contributed by atoms with Crippen LogP contribution in [-0.2, 0) is 19.6 Å². The molecule has 0 aliphatic heterocycles. The maximum atomic E-state index is 12.2. The quantitative estimate of drug-likeness (QED) is 0.844. The molecule has 118 valence electrons. The summed E-state index contributed by atoms with van der Waals surface area (Å²) in [6, 6.07) is 2.87. The van der Waals surface area contributed by atoms with Crippen molar-refractivity contribution in [3.8, 4) is 0 Å². The molecule has 1 N–H and O–H groups in total. The maximum absolute atomic E-state index is 12.2. The van der Waals surface area contributed by atoms with Crippen LogP contribution in [0.15, 0.2) is 23.1 Å². The number of hydrogen-bond donors (Lipinski definition) is 1. The number of nitrogens with one attached hydrogen (secondary N) is 1. The van der Waals surface area contributed by atoms with Crippen LogP contribution in [0.5, 0.6) is 0 Å². The first-order chi connectivity index (χ1) is 9.42. The third kappa shape index (κ3) is 5.47. The molecule has 1 rings (SSSR count). The van der Waals surface area contributed by atoms with Gasteiger partial charge in [-0.1, -0.05) is 23.2 Å². The molecule has 0 saturated carbocycles. The molecule has 8 heteroatoms. The monoisotopic (exact) mass is 353 g/mol. The molecule has 21 heavy (non-hydrogen) atoms. The Kier molecular flexibility index (Phi) is 5.66. The molecule has 0 unspecified atom stereocenters. The summed E-state index contributed by atoms with van der Waals surface area (Å²) in [5, 5.41) is 0.361. The van der Waals surface area contributed by atoms with Crippen molar-refractivity contribution in [3.05, 3.63) is 28.2 Å². The summed E-state index contributed by atoms with van der Waals surface area (Å²) in [6.45, 7) is 6.50. The van der Waals surface area contributed by atoms with E-state index < -0.39 is 27.6 Å². The Morgan fingerprint density at radius 2 is 1.81 bits per heavy atom. The smallest absolute Gasteiger partial charge is 0.324 e. The van der Waals surface area contributed by atoms with E-state index in [2.05, 4.69) is 4.72 Å². The van der Waals surface area contributed by atoms with Crippen molar-refractivity contribution in [1.29, 1.82) is 0 Å². The van der Waals surface area contributed by atoms with E-state index in [1.165, 1.54) is 25.1 Å². The number of halogens is 2. The van der Waals surface area contributed by atoms with E-state index in [0.29, 0.717) is 0 Å². The topological polar surface area (TPSA) is 72.5 Å². The van der Waals surface area contributed by atoms with Gasteiger partial charge in [-0.3, -0.25) is 4.79 Å². The average molecular weight is 354 g/mol. The number of carbonyl (C=O) groups excluding carboxylic acids is 1. The molecule has 0 saturated heterocycles. The second-order valence-corrected chi connectivity index (χ2v) is 7.98. The predicted molar refractivity (Wildman–Crippen MR) is 82.1 cm³/mol. The third-order valence-electron chi connectivity index (χ3n) is 2.29. The highest BCUT2D eigenvalue weighted by Gasteiger charge is 2.26. The summed E-state index contributed by atoms with van der Waals surface area (Å²) in [7, 11) is -3.89. The van der Waals surface area contributed by atoms with Crippen LogP contribution in [0.1, 0.15) is 27.7 Å². The summed E-state index contributed by atoms with van der Waals surface area (Å²) < 4.78 is 31.7. The Labute approximate surface area is 134 Å². The van der Waals surface area contributed by atoms with Crippen molar-refractivity contribution in [3.63, 3.8) is 0 Å². The summed E-state index contributed by atoms with van der Waals surface area (Å²) >= 11 is 11.5. The van der Waals surface area contributed by atoms with Gasteiger partial charge in [0.25, 0.3) is 0 Å². The molecule has 0 spiro atoms. The van der Waals surface area contributed by atoms with Crippen LogP contribution in [0.25, 0.3) is 0 Å². The molecule has 1 aromatic carbocycles. The van der Waals surface area contributed by atoms with E-state index in [9.17, 15) is 13.2 Å². The van der Waals surface area contributed by atoms with Crippen LogP contribution >= 0.6 is 23.2 Å². The molecule has 0 radical (unpaired) electrons. The zero-order chi connectivity index (χ0) is 16.4. The fourth-order valence-corrected chi connectivity index (χ4v) is 2.96. The normalized spacial score (nSPS) is 13.8. The fraction of sp³-hybridized carbons (Fsp3) is 0.462. The highest BCUT2D eigenvalue weighted by Crippen LogP contribution is 2.24. The number of benzene rings is 1. The molecule has 0 bridgehead atoms. The van der Waals surface area contributed by atoms with Crippen molar-refractivity contribution < 1.29 is 17.9 Å². The number of rotatable bonds is 4. The first-order valence-corrected chi connectivity index (χ1v) is 8.36. The van der Waals surface area contributed by atoms with Gasteiger partial charge in [-0.05, 0) is 45.9 Å². The number of esters is 1. The van der Waals surface area contributed by atoms with E-state index in [1.807, 2.05) is 0 Å². The minimum atomic E-state index is -3.89. The van der Waals surface area contributed by atoms with Crippen LogP contribution in [0.4, 0.5) is 0 Å². The molecule has 1 aromatic rings. The minimum Gasteiger partial charge on any atom is -0.459 e. The summed E-state index contributed by atoms with van der Waals surface area (Å²) in [6.07, 6.45) is 0. The van der Waals surface area contributed by atoms with E-state index in [-0.39, 0.29) is 14.9 Å². The average Bonchev–Trinajstić information content (AvgIpc) is 2.29. The molecule has 5 nitrogen and oxygen atoms in total. The van der Waals surface area contributed by atoms with Gasteiger partial charge in [-0.25, -0.2) is 8.42 Å². The number of ether oxygens (including phenoxy) is 1. The second-order valence-electron chi connectivity index (χ2n) is 5.45. The minimum absolute atomic E-state index is 0.0766. The highest BCUT2D eigenvalue weighted by atomic mass is 35.5. The van der Waals surface area contributed by atoms with Crippen molar-refractivity contribution in [2.45, 2.75) is 44.2 Å². The molecule has 0 fully saturated rings. The lowest BCUT2D eigenvalue weighted by Gasteiger charge is -2.22. The number of hydrogen-bond acceptors (Lipinski definition) is 4. The molecule has 0 amide bonds. The molecule has 0 heterocycles. The van der Waals surface area contributed by atoms with Crippen LogP contribution < -0.4 is 4.72 Å². The first-order valence-electron chi connectivity index (χ1n) is 6.12. The van der Waals surface area contributed by atoms with E-state index in [4.69, 9.17) is 27.9 Å².